The lowest BCUT2D eigenvalue weighted by Gasteiger charge is -2.22. The van der Waals surface area contributed by atoms with Crippen LogP contribution in [0.15, 0.2) is 65.8 Å². The van der Waals surface area contributed by atoms with Crippen LogP contribution in [0.4, 0.5) is 35.4 Å². The van der Waals surface area contributed by atoms with Crippen LogP contribution in [-0.2, 0) is 22.7 Å². The molecule has 0 radical (unpaired) electrons. The van der Waals surface area contributed by atoms with Crippen molar-refractivity contribution in [3.8, 4) is 5.75 Å². The van der Waals surface area contributed by atoms with Crippen LogP contribution in [-0.4, -0.2) is 29.8 Å². The number of aryl methyl sites for hydroxylation is 1. The van der Waals surface area contributed by atoms with Gasteiger partial charge in [-0.05, 0) is 60.5 Å². The first kappa shape index (κ1) is 29.0. The second-order valence-corrected chi connectivity index (χ2v) is 11.3. The molecule has 1 aromatic heterocycles. The molecule has 0 saturated heterocycles. The minimum atomic E-state index is -4.63. The van der Waals surface area contributed by atoms with Gasteiger partial charge < -0.3 is 10.1 Å². The van der Waals surface area contributed by atoms with Crippen LogP contribution in [0, 0.1) is 17.0 Å². The van der Waals surface area contributed by atoms with Gasteiger partial charge in [0.05, 0.1) is 39.7 Å². The zero-order chi connectivity index (χ0) is 29.2. The highest BCUT2D eigenvalue weighted by molar-refractivity contribution is 7.93. The van der Waals surface area contributed by atoms with Gasteiger partial charge in [-0.3, -0.25) is 10.1 Å². The number of sulfonamides is 1. The number of alkyl halides is 3. The van der Waals surface area contributed by atoms with Crippen molar-refractivity contribution in [1.29, 1.82) is 0 Å². The summed E-state index contributed by atoms with van der Waals surface area (Å²) in [4.78, 5) is 14.7. The Morgan fingerprint density at radius 3 is 2.42 bits per heavy atom. The van der Waals surface area contributed by atoms with E-state index < -0.39 is 37.3 Å². The van der Waals surface area contributed by atoms with Crippen molar-refractivity contribution in [2.45, 2.75) is 24.5 Å². The molecule has 16 heteroatoms. The fourth-order valence-electron chi connectivity index (χ4n) is 3.65. The molecule has 4 aromatic rings. The van der Waals surface area contributed by atoms with E-state index in [2.05, 4.69) is 14.7 Å². The van der Waals surface area contributed by atoms with E-state index in [1.807, 2.05) is 0 Å². The maximum absolute atomic E-state index is 13.8. The van der Waals surface area contributed by atoms with E-state index in [0.29, 0.717) is 17.4 Å². The maximum atomic E-state index is 13.8. The molecule has 0 bridgehead atoms. The van der Waals surface area contributed by atoms with Gasteiger partial charge in [-0.2, -0.15) is 17.5 Å². The number of hydrogen-bond acceptors (Lipinski definition) is 9. The first-order valence-electron chi connectivity index (χ1n) is 11.2. The molecule has 0 aliphatic carbocycles. The van der Waals surface area contributed by atoms with Crippen LogP contribution in [0.2, 0.25) is 5.02 Å². The van der Waals surface area contributed by atoms with E-state index in [1.54, 1.807) is 25.1 Å². The topological polar surface area (TPSA) is 128 Å². The second kappa shape index (κ2) is 11.3. The largest absolute Gasteiger partial charge is 0.497 e. The number of halogens is 4. The smallest absolute Gasteiger partial charge is 0.416 e. The average Bonchev–Trinajstić information content (AvgIpc) is 3.42. The molecule has 0 fully saturated rings. The Labute approximate surface area is 235 Å². The molecule has 210 valence electrons. The summed E-state index contributed by atoms with van der Waals surface area (Å²) in [7, 11) is -2.90. The van der Waals surface area contributed by atoms with Gasteiger partial charge >= 0.3 is 6.18 Å². The van der Waals surface area contributed by atoms with Gasteiger partial charge in [-0.15, -0.1) is 0 Å². The predicted molar refractivity (Wildman–Crippen MR) is 144 cm³/mol. The predicted octanol–water partition coefficient (Wildman–Crippen LogP) is 6.57. The minimum absolute atomic E-state index is 0.0385. The molecule has 4 rings (SSSR count). The van der Waals surface area contributed by atoms with Crippen molar-refractivity contribution >= 4 is 55.4 Å². The van der Waals surface area contributed by atoms with E-state index in [-0.39, 0.29) is 28.1 Å². The molecule has 0 aliphatic rings. The number of hydrogen-bond donors (Lipinski definition) is 1. The first-order valence-corrected chi connectivity index (χ1v) is 13.8. The molecule has 40 heavy (non-hydrogen) atoms. The highest BCUT2D eigenvalue weighted by Crippen LogP contribution is 2.38. The number of aromatic nitrogens is 2. The van der Waals surface area contributed by atoms with E-state index in [9.17, 15) is 31.7 Å². The van der Waals surface area contributed by atoms with Crippen LogP contribution < -0.4 is 14.4 Å². The Balaban J connectivity index is 1.72. The molecular formula is C24H19ClF3N5O5S2. The van der Waals surface area contributed by atoms with Crippen molar-refractivity contribution in [1.82, 2.24) is 9.36 Å². The number of nitro benzene ring substituents is 1. The van der Waals surface area contributed by atoms with Crippen LogP contribution in [0.25, 0.3) is 0 Å². The minimum Gasteiger partial charge on any atom is -0.497 e. The molecule has 3 aromatic carbocycles. The molecule has 0 unspecified atom stereocenters. The number of methoxy groups -OCH3 is 1. The molecule has 1 heterocycles. The lowest BCUT2D eigenvalue weighted by molar-refractivity contribution is -0.384. The summed E-state index contributed by atoms with van der Waals surface area (Å²) >= 11 is 6.80. The average molecular weight is 614 g/mol. The monoisotopic (exact) mass is 613 g/mol. The van der Waals surface area contributed by atoms with Gasteiger partial charge in [0.15, 0.2) is 0 Å². The summed E-state index contributed by atoms with van der Waals surface area (Å²) < 4.78 is 76.5. The normalized spacial score (nSPS) is 11.8. The number of nitrogens with zero attached hydrogens (tertiary/aromatic N) is 4. The molecule has 0 amide bonds. The Kier molecular flexibility index (Phi) is 8.18. The zero-order valence-corrected chi connectivity index (χ0v) is 23.0. The third-order valence-corrected chi connectivity index (χ3v) is 8.60. The SMILES string of the molecule is COc1ccc(CN(c2ncns2)S(=O)(=O)c2ccc(Nc3ccc(C(F)(F)F)cc3Cl)c([N+](=O)[O-])c2)c(C)c1. The number of nitro groups is 1. The second-order valence-electron chi connectivity index (χ2n) is 8.28. The molecule has 0 atom stereocenters. The number of benzene rings is 3. The molecule has 10 nitrogen and oxygen atoms in total. The highest BCUT2D eigenvalue weighted by atomic mass is 35.5. The standard InChI is InChI=1S/C24H19ClF3N5O5S2/c1-14-9-17(38-2)5-3-15(14)12-32(23-29-13-30-39-23)40(36,37)18-6-8-21(22(11-18)33(34)35)31-20-7-4-16(10-19(20)25)24(26,27)28/h3-11,13,31H,12H2,1-2H3. The summed E-state index contributed by atoms with van der Waals surface area (Å²) in [6.45, 7) is 1.63. The quantitative estimate of drug-likeness (QED) is 0.166. The summed E-state index contributed by atoms with van der Waals surface area (Å²) in [5.74, 6) is 0.582. The van der Waals surface area contributed by atoms with Crippen molar-refractivity contribution in [3.05, 3.63) is 92.8 Å². The Morgan fingerprint density at radius 2 is 1.85 bits per heavy atom. The summed E-state index contributed by atoms with van der Waals surface area (Å²) in [6.07, 6.45) is -3.44. The molecular weight excluding hydrogens is 595 g/mol. The van der Waals surface area contributed by atoms with Crippen LogP contribution in [0.5, 0.6) is 5.75 Å². The Bertz CT molecular complexity index is 1670. The van der Waals surface area contributed by atoms with E-state index in [0.717, 1.165) is 51.7 Å². The lowest BCUT2D eigenvalue weighted by Crippen LogP contribution is -2.31. The third-order valence-electron chi connectivity index (χ3n) is 5.75. The van der Waals surface area contributed by atoms with Gasteiger partial charge in [0.1, 0.15) is 17.8 Å². The highest BCUT2D eigenvalue weighted by Gasteiger charge is 2.32. The zero-order valence-electron chi connectivity index (χ0n) is 20.6. The van der Waals surface area contributed by atoms with E-state index in [1.165, 1.54) is 13.4 Å². The molecule has 1 N–H and O–H groups in total. The van der Waals surface area contributed by atoms with E-state index >= 15 is 0 Å². The van der Waals surface area contributed by atoms with Gasteiger partial charge in [0.2, 0.25) is 5.13 Å². The fraction of sp³-hybridized carbons (Fsp3) is 0.167. The van der Waals surface area contributed by atoms with Gasteiger partial charge in [-0.25, -0.2) is 17.7 Å². The Morgan fingerprint density at radius 1 is 1.12 bits per heavy atom. The van der Waals surface area contributed by atoms with Crippen LogP contribution >= 0.6 is 23.1 Å². The number of rotatable bonds is 9. The molecule has 0 spiro atoms. The van der Waals surface area contributed by atoms with Crippen LogP contribution in [0.1, 0.15) is 16.7 Å². The fourth-order valence-corrected chi connectivity index (χ4v) is 6.03. The van der Waals surface area contributed by atoms with E-state index in [4.69, 9.17) is 16.3 Å². The number of nitrogens with one attached hydrogen (secondary N) is 1. The van der Waals surface area contributed by atoms with Crippen molar-refractivity contribution in [3.63, 3.8) is 0 Å². The number of anilines is 3. The van der Waals surface area contributed by atoms with Gasteiger partial charge in [0, 0.05) is 17.6 Å². The van der Waals surface area contributed by atoms with Crippen molar-refractivity contribution in [2.24, 2.45) is 0 Å². The molecule has 0 saturated carbocycles. The summed E-state index contributed by atoms with van der Waals surface area (Å²) in [6, 6.07) is 10.7. The Hall–Kier alpha value is -3.95. The number of ether oxygens (including phenoxy) is 1. The summed E-state index contributed by atoms with van der Waals surface area (Å²) in [5, 5.41) is 14.2. The molecule has 0 aliphatic heterocycles. The van der Waals surface area contributed by atoms with Crippen molar-refractivity contribution in [2.75, 3.05) is 16.7 Å². The van der Waals surface area contributed by atoms with Gasteiger partial charge in [0.25, 0.3) is 15.7 Å². The summed E-state index contributed by atoms with van der Waals surface area (Å²) in [5.41, 5.74) is -0.497. The van der Waals surface area contributed by atoms with Gasteiger partial charge in [-0.1, -0.05) is 17.7 Å². The van der Waals surface area contributed by atoms with Crippen molar-refractivity contribution < 1.29 is 31.2 Å². The third kappa shape index (κ3) is 6.11. The lowest BCUT2D eigenvalue weighted by atomic mass is 10.1. The first-order chi connectivity index (χ1) is 18.8. The van der Waals surface area contributed by atoms with Crippen LogP contribution in [0.3, 0.4) is 0 Å². The maximum Gasteiger partial charge on any atom is 0.416 e.